The van der Waals surface area contributed by atoms with Gasteiger partial charge in [-0.15, -0.1) is 0 Å². The van der Waals surface area contributed by atoms with Gasteiger partial charge in [-0.25, -0.2) is 5.10 Å². The fraction of sp³-hybridized carbons (Fsp3) is 0.333. The second-order valence-corrected chi connectivity index (χ2v) is 10.7. The summed E-state index contributed by atoms with van der Waals surface area (Å²) in [6.45, 7) is 2.58. The molecule has 0 saturated carbocycles. The molecule has 1 saturated heterocycles. The molecule has 2 aromatic heterocycles. The normalized spacial score (nSPS) is 17.9. The highest BCUT2D eigenvalue weighted by atomic mass is 32.1. The number of hydrogen-bond donors (Lipinski definition) is 2. The van der Waals surface area contributed by atoms with Gasteiger partial charge in [-0.3, -0.25) is 14.6 Å². The number of aromatic amines is 1. The molecular weight excluding hydrogens is 488 g/mol. The van der Waals surface area contributed by atoms with Crippen LogP contribution in [-0.2, 0) is 13.2 Å². The molecular formula is C27H30N6O3S. The third kappa shape index (κ3) is 5.87. The Bertz CT molecular complexity index is 1450. The minimum atomic E-state index is -0.182. The van der Waals surface area contributed by atoms with Gasteiger partial charge in [0.05, 0.1) is 17.3 Å². The largest absolute Gasteiger partial charge is 0.489 e. The van der Waals surface area contributed by atoms with Crippen LogP contribution in [0.3, 0.4) is 0 Å². The molecule has 37 heavy (non-hydrogen) atoms. The maximum absolute atomic E-state index is 13.0. The quantitative estimate of drug-likeness (QED) is 0.370. The molecule has 1 fully saturated rings. The van der Waals surface area contributed by atoms with Crippen molar-refractivity contribution in [3.05, 3.63) is 86.1 Å². The monoisotopic (exact) mass is 518 g/mol. The summed E-state index contributed by atoms with van der Waals surface area (Å²) in [4.78, 5) is 33.4. The number of nitrogens with one attached hydrogen (secondary N) is 2. The summed E-state index contributed by atoms with van der Waals surface area (Å²) in [7, 11) is 6.04. The van der Waals surface area contributed by atoms with E-state index in [1.165, 1.54) is 0 Å². The lowest BCUT2D eigenvalue weighted by Gasteiger charge is -2.18. The van der Waals surface area contributed by atoms with Crippen LogP contribution >= 0.6 is 11.3 Å². The predicted octanol–water partition coefficient (Wildman–Crippen LogP) is 2.85. The van der Waals surface area contributed by atoms with Gasteiger partial charge in [0, 0.05) is 42.1 Å². The molecule has 1 aliphatic rings. The van der Waals surface area contributed by atoms with E-state index in [9.17, 15) is 9.59 Å². The van der Waals surface area contributed by atoms with Crippen LogP contribution in [0.15, 0.2) is 59.4 Å². The first kappa shape index (κ1) is 25.1. The van der Waals surface area contributed by atoms with Gasteiger partial charge in [0.25, 0.3) is 5.91 Å². The Hall–Kier alpha value is -3.60. The van der Waals surface area contributed by atoms with Gasteiger partial charge < -0.3 is 19.9 Å². The van der Waals surface area contributed by atoms with Gasteiger partial charge in [-0.05, 0) is 57.5 Å². The Morgan fingerprint density at radius 3 is 2.70 bits per heavy atom. The Morgan fingerprint density at radius 2 is 1.97 bits per heavy atom. The number of nitrogens with zero attached hydrogens (tertiary/aromatic N) is 4. The number of H-pyrrole nitrogens is 1. The number of aromatic nitrogens is 3. The molecule has 3 heterocycles. The molecule has 9 nitrogen and oxygen atoms in total. The van der Waals surface area contributed by atoms with E-state index in [0.29, 0.717) is 24.5 Å². The molecule has 2 aromatic carbocycles. The average molecular weight is 519 g/mol. The standard InChI is InChI=1S/C27H30N6O3S/c1-32(2)13-19-12-18(21-6-4-5-7-23(21)28-19)16-36-20-10-8-17(9-11-20)25(34)29-24-15-33(3)14-22(24)26-30-31-27(35)37-26/h4-12,22,24H,13-16H2,1-3H3,(H,29,34)(H,31,35)/t22-,24+/m0/s1. The zero-order chi connectivity index (χ0) is 25.9. The fourth-order valence-electron chi connectivity index (χ4n) is 4.75. The molecule has 10 heteroatoms. The Morgan fingerprint density at radius 1 is 1.19 bits per heavy atom. The van der Waals surface area contributed by atoms with Gasteiger partial charge in [0.1, 0.15) is 17.4 Å². The SMILES string of the molecule is CN(C)Cc1cc(COc2ccc(C(=O)N[C@@H]3CN(C)C[C@@H]3c3n[nH]c(=O)s3)cc2)c2ccccc2n1. The highest BCUT2D eigenvalue weighted by Gasteiger charge is 2.35. The van der Waals surface area contributed by atoms with Crippen LogP contribution in [0.2, 0.25) is 0 Å². The molecule has 0 unspecified atom stereocenters. The lowest BCUT2D eigenvalue weighted by molar-refractivity contribution is 0.0935. The van der Waals surface area contributed by atoms with E-state index < -0.39 is 0 Å². The maximum Gasteiger partial charge on any atom is 0.322 e. The zero-order valence-corrected chi connectivity index (χ0v) is 21.9. The number of hydrogen-bond acceptors (Lipinski definition) is 8. The van der Waals surface area contributed by atoms with E-state index in [-0.39, 0.29) is 22.7 Å². The van der Waals surface area contributed by atoms with Gasteiger partial charge in [-0.2, -0.15) is 5.10 Å². The van der Waals surface area contributed by atoms with Crippen molar-refractivity contribution in [2.75, 3.05) is 34.2 Å². The van der Waals surface area contributed by atoms with Crippen molar-refractivity contribution in [2.24, 2.45) is 0 Å². The molecule has 2 atom stereocenters. The first-order valence-electron chi connectivity index (χ1n) is 12.2. The van der Waals surface area contributed by atoms with Crippen LogP contribution in [0, 0.1) is 0 Å². The van der Waals surface area contributed by atoms with E-state index >= 15 is 0 Å². The number of carbonyl (C=O) groups is 1. The number of amides is 1. The number of likely N-dealkylation sites (N-methyl/N-ethyl adjacent to an activating group) is 1. The number of benzene rings is 2. The summed E-state index contributed by atoms with van der Waals surface area (Å²) in [5.41, 5.74) is 3.57. The number of pyridine rings is 1. The molecule has 0 radical (unpaired) electrons. The maximum atomic E-state index is 13.0. The number of ether oxygens (including phenoxy) is 1. The predicted molar refractivity (Wildman–Crippen MR) is 144 cm³/mol. The third-order valence-corrected chi connectivity index (χ3v) is 7.31. The molecule has 0 aliphatic carbocycles. The second-order valence-electron chi connectivity index (χ2n) is 9.70. The lowest BCUT2D eigenvalue weighted by Crippen LogP contribution is -2.39. The number of fused-ring (bicyclic) bond motifs is 1. The second kappa shape index (κ2) is 10.8. The Labute approximate surface area is 219 Å². The van der Waals surface area contributed by atoms with Crippen LogP contribution in [0.5, 0.6) is 5.75 Å². The smallest absolute Gasteiger partial charge is 0.322 e. The summed E-state index contributed by atoms with van der Waals surface area (Å²) < 4.78 is 6.10. The number of rotatable bonds is 8. The van der Waals surface area contributed by atoms with Gasteiger partial charge in [-0.1, -0.05) is 29.5 Å². The Kier molecular flexibility index (Phi) is 7.31. The molecule has 0 bridgehead atoms. The van der Waals surface area contributed by atoms with Gasteiger partial charge >= 0.3 is 4.87 Å². The summed E-state index contributed by atoms with van der Waals surface area (Å²) in [6, 6.07) is 17.2. The number of para-hydroxylation sites is 1. The van der Waals surface area contributed by atoms with Crippen LogP contribution in [0.25, 0.3) is 10.9 Å². The van der Waals surface area contributed by atoms with E-state index in [4.69, 9.17) is 9.72 Å². The third-order valence-electron chi connectivity index (χ3n) is 6.43. The van der Waals surface area contributed by atoms with E-state index in [0.717, 1.165) is 51.6 Å². The van der Waals surface area contributed by atoms with Gasteiger partial charge in [0.2, 0.25) is 0 Å². The van der Waals surface area contributed by atoms with Crippen LogP contribution in [-0.4, -0.2) is 71.2 Å². The van der Waals surface area contributed by atoms with Crippen molar-refractivity contribution in [1.82, 2.24) is 30.3 Å². The molecule has 4 aromatic rings. The average Bonchev–Trinajstić information content (AvgIpc) is 3.47. The minimum absolute atomic E-state index is 0.0203. The first-order valence-corrected chi connectivity index (χ1v) is 13.0. The van der Waals surface area contributed by atoms with Crippen molar-refractivity contribution in [3.8, 4) is 5.75 Å². The van der Waals surface area contributed by atoms with E-state index in [2.05, 4.69) is 37.4 Å². The number of likely N-dealkylation sites (tertiary alicyclic amines) is 1. The first-order chi connectivity index (χ1) is 17.9. The zero-order valence-electron chi connectivity index (χ0n) is 21.1. The van der Waals surface area contributed by atoms with Crippen molar-refractivity contribution in [3.63, 3.8) is 0 Å². The van der Waals surface area contributed by atoms with E-state index in [1.807, 2.05) is 51.5 Å². The molecule has 2 N–H and O–H groups in total. The highest BCUT2D eigenvalue weighted by Crippen LogP contribution is 2.27. The summed E-state index contributed by atoms with van der Waals surface area (Å²) in [5.74, 6) is 0.507. The molecule has 5 rings (SSSR count). The molecule has 1 aliphatic heterocycles. The van der Waals surface area contributed by atoms with Crippen LogP contribution < -0.4 is 14.9 Å². The summed E-state index contributed by atoms with van der Waals surface area (Å²) in [6.07, 6.45) is 0. The van der Waals surface area contributed by atoms with Crippen LogP contribution in [0.1, 0.15) is 32.5 Å². The number of carbonyl (C=O) groups excluding carboxylic acids is 1. The van der Waals surface area contributed by atoms with Gasteiger partial charge in [0.15, 0.2) is 0 Å². The summed E-state index contributed by atoms with van der Waals surface area (Å²) in [5, 5.41) is 11.5. The van der Waals surface area contributed by atoms with Crippen molar-refractivity contribution < 1.29 is 9.53 Å². The lowest BCUT2D eigenvalue weighted by atomic mass is 10.0. The van der Waals surface area contributed by atoms with Crippen molar-refractivity contribution in [1.29, 1.82) is 0 Å². The summed E-state index contributed by atoms with van der Waals surface area (Å²) >= 11 is 1.10. The molecule has 0 spiro atoms. The minimum Gasteiger partial charge on any atom is -0.489 e. The van der Waals surface area contributed by atoms with Crippen LogP contribution in [0.4, 0.5) is 0 Å². The Balaban J connectivity index is 1.25. The van der Waals surface area contributed by atoms with Crippen molar-refractivity contribution >= 4 is 28.1 Å². The molecule has 1 amide bonds. The van der Waals surface area contributed by atoms with Crippen molar-refractivity contribution in [2.45, 2.75) is 25.1 Å². The highest BCUT2D eigenvalue weighted by molar-refractivity contribution is 7.08. The fourth-order valence-corrected chi connectivity index (χ4v) is 5.51. The van der Waals surface area contributed by atoms with E-state index in [1.54, 1.807) is 12.1 Å². The molecule has 192 valence electrons. The topological polar surface area (TPSA) is 103 Å².